The van der Waals surface area contributed by atoms with Crippen molar-refractivity contribution in [1.29, 1.82) is 0 Å². The molecule has 0 heterocycles. The Labute approximate surface area is 115 Å². The van der Waals surface area contributed by atoms with Crippen molar-refractivity contribution in [1.82, 2.24) is 0 Å². The van der Waals surface area contributed by atoms with Gasteiger partial charge in [-0.15, -0.1) is 0 Å². The summed E-state index contributed by atoms with van der Waals surface area (Å²) in [7, 11) is 0. The summed E-state index contributed by atoms with van der Waals surface area (Å²) >= 11 is 3.42. The third-order valence-corrected chi connectivity index (χ3v) is 4.83. The van der Waals surface area contributed by atoms with Gasteiger partial charge in [0.1, 0.15) is 5.75 Å². The van der Waals surface area contributed by atoms with Crippen molar-refractivity contribution in [2.45, 2.75) is 44.4 Å². The standard InChI is InChI=1S/C14H17BrO3/c1-9-10(15)5-6-11(16)12(9)14(13(17)18)7-3-2-4-8-14/h5-6,16H,2-4,7-8H2,1H3,(H,17,18). The van der Waals surface area contributed by atoms with Crippen LogP contribution in [0.1, 0.15) is 43.2 Å². The summed E-state index contributed by atoms with van der Waals surface area (Å²) in [5, 5.41) is 19.8. The first-order chi connectivity index (χ1) is 8.49. The zero-order chi connectivity index (χ0) is 13.3. The number of phenolic OH excluding ortho intramolecular Hbond substituents is 1. The van der Waals surface area contributed by atoms with Crippen molar-refractivity contribution in [2.24, 2.45) is 0 Å². The molecule has 1 aliphatic carbocycles. The highest BCUT2D eigenvalue weighted by Crippen LogP contribution is 2.46. The molecule has 0 aliphatic heterocycles. The molecule has 0 unspecified atom stereocenters. The maximum Gasteiger partial charge on any atom is 0.314 e. The summed E-state index contributed by atoms with van der Waals surface area (Å²) in [5.41, 5.74) is 0.499. The van der Waals surface area contributed by atoms with Crippen molar-refractivity contribution < 1.29 is 15.0 Å². The first kappa shape index (κ1) is 13.4. The normalized spacial score (nSPS) is 18.6. The van der Waals surface area contributed by atoms with Crippen molar-refractivity contribution in [2.75, 3.05) is 0 Å². The molecule has 18 heavy (non-hydrogen) atoms. The highest BCUT2D eigenvalue weighted by molar-refractivity contribution is 9.10. The minimum Gasteiger partial charge on any atom is -0.508 e. The van der Waals surface area contributed by atoms with E-state index in [1.807, 2.05) is 6.92 Å². The second kappa shape index (κ2) is 4.92. The zero-order valence-electron chi connectivity index (χ0n) is 10.4. The molecule has 2 rings (SSSR count). The summed E-state index contributed by atoms with van der Waals surface area (Å²) in [5.74, 6) is -0.723. The van der Waals surface area contributed by atoms with Gasteiger partial charge in [0, 0.05) is 10.0 Å². The predicted molar refractivity (Wildman–Crippen MR) is 72.9 cm³/mol. The minimum absolute atomic E-state index is 0.0972. The number of rotatable bonds is 2. The molecule has 1 aliphatic rings. The van der Waals surface area contributed by atoms with Crippen LogP contribution in [-0.4, -0.2) is 16.2 Å². The lowest BCUT2D eigenvalue weighted by molar-refractivity contribution is -0.145. The second-order valence-corrected chi connectivity index (χ2v) is 5.87. The van der Waals surface area contributed by atoms with Crippen LogP contribution in [0.25, 0.3) is 0 Å². The molecule has 0 saturated heterocycles. The average Bonchev–Trinajstić information content (AvgIpc) is 2.35. The van der Waals surface area contributed by atoms with Crippen LogP contribution in [0, 0.1) is 6.92 Å². The smallest absolute Gasteiger partial charge is 0.314 e. The molecule has 0 bridgehead atoms. The Kier molecular flexibility index (Phi) is 3.66. The molecular weight excluding hydrogens is 296 g/mol. The van der Waals surface area contributed by atoms with Gasteiger partial charge in [-0.3, -0.25) is 4.79 Å². The van der Waals surface area contributed by atoms with Crippen molar-refractivity contribution in [3.05, 3.63) is 27.7 Å². The van der Waals surface area contributed by atoms with E-state index in [9.17, 15) is 15.0 Å². The lowest BCUT2D eigenvalue weighted by Gasteiger charge is -2.35. The predicted octanol–water partition coefficient (Wildman–Crippen LogP) is 3.75. The fourth-order valence-corrected chi connectivity index (χ4v) is 3.33. The summed E-state index contributed by atoms with van der Waals surface area (Å²) in [6, 6.07) is 3.33. The summed E-state index contributed by atoms with van der Waals surface area (Å²) in [6.45, 7) is 1.86. The number of carbonyl (C=O) groups is 1. The van der Waals surface area contributed by atoms with Gasteiger partial charge in [0.05, 0.1) is 5.41 Å². The molecule has 0 spiro atoms. The van der Waals surface area contributed by atoms with Crippen molar-refractivity contribution in [3.63, 3.8) is 0 Å². The molecule has 1 saturated carbocycles. The van der Waals surface area contributed by atoms with Gasteiger partial charge in [0.25, 0.3) is 0 Å². The highest BCUT2D eigenvalue weighted by Gasteiger charge is 2.44. The number of carboxylic acid groups (broad SMARTS) is 1. The van der Waals surface area contributed by atoms with E-state index in [0.717, 1.165) is 29.3 Å². The van der Waals surface area contributed by atoms with Crippen molar-refractivity contribution in [3.8, 4) is 5.75 Å². The van der Waals surface area contributed by atoms with Crippen LogP contribution in [0.2, 0.25) is 0 Å². The highest BCUT2D eigenvalue weighted by atomic mass is 79.9. The van der Waals surface area contributed by atoms with Crippen LogP contribution in [0.15, 0.2) is 16.6 Å². The number of benzene rings is 1. The maximum absolute atomic E-state index is 11.8. The Morgan fingerprint density at radius 2 is 1.89 bits per heavy atom. The van der Waals surface area contributed by atoms with Crippen LogP contribution in [0.4, 0.5) is 0 Å². The van der Waals surface area contributed by atoms with Crippen LogP contribution in [0.3, 0.4) is 0 Å². The Hall–Kier alpha value is -1.03. The Bertz CT molecular complexity index is 476. The molecule has 0 aromatic heterocycles. The molecule has 4 heteroatoms. The fourth-order valence-electron chi connectivity index (χ4n) is 3.00. The first-order valence-electron chi connectivity index (χ1n) is 6.21. The number of hydrogen-bond acceptors (Lipinski definition) is 2. The van der Waals surface area contributed by atoms with Gasteiger partial charge in [-0.2, -0.15) is 0 Å². The van der Waals surface area contributed by atoms with E-state index in [1.54, 1.807) is 12.1 Å². The lowest BCUT2D eigenvalue weighted by Crippen LogP contribution is -2.38. The lowest BCUT2D eigenvalue weighted by atomic mass is 9.68. The Morgan fingerprint density at radius 1 is 1.28 bits per heavy atom. The number of aromatic hydroxyl groups is 1. The third-order valence-electron chi connectivity index (χ3n) is 3.97. The molecular formula is C14H17BrO3. The first-order valence-corrected chi connectivity index (χ1v) is 7.00. The topological polar surface area (TPSA) is 57.5 Å². The minimum atomic E-state index is -0.920. The van der Waals surface area contributed by atoms with E-state index in [0.29, 0.717) is 18.4 Å². The number of aliphatic carboxylic acids is 1. The van der Waals surface area contributed by atoms with Gasteiger partial charge in [-0.05, 0) is 37.5 Å². The van der Waals surface area contributed by atoms with Gasteiger partial charge in [0.2, 0.25) is 0 Å². The fraction of sp³-hybridized carbons (Fsp3) is 0.500. The molecule has 2 N–H and O–H groups in total. The summed E-state index contributed by atoms with van der Waals surface area (Å²) in [4.78, 5) is 11.8. The molecule has 0 atom stereocenters. The number of hydrogen-bond donors (Lipinski definition) is 2. The molecule has 1 fully saturated rings. The van der Waals surface area contributed by atoms with E-state index in [2.05, 4.69) is 15.9 Å². The molecule has 0 radical (unpaired) electrons. The van der Waals surface area contributed by atoms with Gasteiger partial charge in [-0.25, -0.2) is 0 Å². The Morgan fingerprint density at radius 3 is 2.44 bits per heavy atom. The van der Waals surface area contributed by atoms with Crippen molar-refractivity contribution >= 4 is 21.9 Å². The zero-order valence-corrected chi connectivity index (χ0v) is 12.0. The van der Waals surface area contributed by atoms with Crippen LogP contribution < -0.4 is 0 Å². The van der Waals surface area contributed by atoms with E-state index in [4.69, 9.17) is 0 Å². The molecule has 1 aromatic carbocycles. The maximum atomic E-state index is 11.8. The molecule has 0 amide bonds. The van der Waals surface area contributed by atoms with Gasteiger partial charge in [0.15, 0.2) is 0 Å². The van der Waals surface area contributed by atoms with Gasteiger partial charge in [-0.1, -0.05) is 35.2 Å². The van der Waals surface area contributed by atoms with Crippen LogP contribution in [-0.2, 0) is 10.2 Å². The summed E-state index contributed by atoms with van der Waals surface area (Å²) < 4.78 is 0.849. The largest absolute Gasteiger partial charge is 0.508 e. The van der Waals surface area contributed by atoms with Crippen LogP contribution in [0.5, 0.6) is 5.75 Å². The van der Waals surface area contributed by atoms with Crippen LogP contribution >= 0.6 is 15.9 Å². The van der Waals surface area contributed by atoms with E-state index < -0.39 is 11.4 Å². The average molecular weight is 313 g/mol. The quantitative estimate of drug-likeness (QED) is 0.874. The molecule has 3 nitrogen and oxygen atoms in total. The number of phenols is 1. The molecule has 1 aromatic rings. The molecule has 98 valence electrons. The van der Waals surface area contributed by atoms with E-state index >= 15 is 0 Å². The summed E-state index contributed by atoms with van der Waals surface area (Å²) in [6.07, 6.45) is 4.08. The van der Waals surface area contributed by atoms with E-state index in [1.165, 1.54) is 0 Å². The third kappa shape index (κ3) is 2.03. The SMILES string of the molecule is Cc1c(Br)ccc(O)c1C1(C(=O)O)CCCCC1. The monoisotopic (exact) mass is 312 g/mol. The second-order valence-electron chi connectivity index (χ2n) is 5.01. The Balaban J connectivity index is 2.63. The number of halogens is 1. The van der Waals surface area contributed by atoms with Gasteiger partial charge >= 0.3 is 5.97 Å². The number of carboxylic acids is 1. The van der Waals surface area contributed by atoms with Gasteiger partial charge < -0.3 is 10.2 Å². The van der Waals surface area contributed by atoms with E-state index in [-0.39, 0.29) is 5.75 Å².